The highest BCUT2D eigenvalue weighted by molar-refractivity contribution is 7.98. The summed E-state index contributed by atoms with van der Waals surface area (Å²) >= 11 is 1.76. The second-order valence-corrected chi connectivity index (χ2v) is 5.94. The normalized spacial score (nSPS) is 14.2. The zero-order chi connectivity index (χ0) is 14.7. The van der Waals surface area contributed by atoms with Gasteiger partial charge >= 0.3 is 0 Å². The third-order valence-corrected chi connectivity index (χ3v) is 4.41. The molecule has 1 N–H and O–H groups in total. The van der Waals surface area contributed by atoms with Crippen LogP contribution >= 0.6 is 11.8 Å². The van der Waals surface area contributed by atoms with Crippen molar-refractivity contribution in [2.24, 2.45) is 0 Å². The van der Waals surface area contributed by atoms with E-state index >= 15 is 0 Å². The summed E-state index contributed by atoms with van der Waals surface area (Å²) in [5.41, 5.74) is 2.50. The van der Waals surface area contributed by atoms with E-state index in [2.05, 4.69) is 54.9 Å². The molecule has 21 heavy (non-hydrogen) atoms. The summed E-state index contributed by atoms with van der Waals surface area (Å²) in [4.78, 5) is 1.29. The molecule has 0 bridgehead atoms. The molecule has 1 heterocycles. The van der Waals surface area contributed by atoms with Gasteiger partial charge in [0.15, 0.2) is 11.5 Å². The van der Waals surface area contributed by atoms with Gasteiger partial charge in [-0.15, -0.1) is 11.8 Å². The van der Waals surface area contributed by atoms with E-state index in [9.17, 15) is 0 Å². The van der Waals surface area contributed by atoms with E-state index in [1.165, 1.54) is 16.0 Å². The van der Waals surface area contributed by atoms with Gasteiger partial charge < -0.3 is 14.8 Å². The van der Waals surface area contributed by atoms with Crippen LogP contribution in [0.2, 0.25) is 0 Å². The second-order valence-electron chi connectivity index (χ2n) is 5.06. The summed E-state index contributed by atoms with van der Waals surface area (Å²) in [6.07, 6.45) is 2.09. The molecule has 1 unspecified atom stereocenters. The van der Waals surface area contributed by atoms with E-state index in [1.54, 1.807) is 11.8 Å². The minimum Gasteiger partial charge on any atom is -0.454 e. The molecule has 110 valence electrons. The summed E-state index contributed by atoms with van der Waals surface area (Å²) in [5.74, 6) is 1.67. The van der Waals surface area contributed by atoms with Crippen LogP contribution < -0.4 is 14.8 Å². The first kappa shape index (κ1) is 14.3. The van der Waals surface area contributed by atoms with Gasteiger partial charge in [0.2, 0.25) is 6.79 Å². The van der Waals surface area contributed by atoms with Gasteiger partial charge in [-0.25, -0.2) is 0 Å². The number of benzene rings is 2. The maximum absolute atomic E-state index is 5.43. The Hall–Kier alpha value is -1.65. The lowest BCUT2D eigenvalue weighted by Crippen LogP contribution is -2.17. The van der Waals surface area contributed by atoms with Crippen LogP contribution in [0.25, 0.3) is 0 Å². The zero-order valence-electron chi connectivity index (χ0n) is 12.3. The predicted molar refractivity (Wildman–Crippen MR) is 86.0 cm³/mol. The van der Waals surface area contributed by atoms with Crippen LogP contribution in [0, 0.1) is 0 Å². The summed E-state index contributed by atoms with van der Waals surface area (Å²) < 4.78 is 10.8. The molecule has 0 radical (unpaired) electrons. The Morgan fingerprint density at radius 1 is 1.10 bits per heavy atom. The zero-order valence-corrected chi connectivity index (χ0v) is 13.1. The van der Waals surface area contributed by atoms with Gasteiger partial charge in [-0.3, -0.25) is 0 Å². The topological polar surface area (TPSA) is 30.5 Å². The molecule has 1 atom stereocenters. The molecule has 0 amide bonds. The van der Waals surface area contributed by atoms with Crippen LogP contribution in [0.4, 0.5) is 0 Å². The molecule has 1 aliphatic heterocycles. The number of rotatable bonds is 5. The van der Waals surface area contributed by atoms with Crippen molar-refractivity contribution in [3.8, 4) is 11.5 Å². The van der Waals surface area contributed by atoms with E-state index < -0.39 is 0 Å². The molecular formula is C17H19NO2S. The fourth-order valence-electron chi connectivity index (χ4n) is 2.31. The fraction of sp³-hybridized carbons (Fsp3) is 0.294. The molecule has 2 aromatic rings. The van der Waals surface area contributed by atoms with Crippen molar-refractivity contribution in [3.63, 3.8) is 0 Å². The van der Waals surface area contributed by atoms with Crippen molar-refractivity contribution in [1.82, 2.24) is 5.32 Å². The van der Waals surface area contributed by atoms with Crippen molar-refractivity contribution >= 4 is 11.8 Å². The molecule has 0 saturated heterocycles. The number of nitrogens with one attached hydrogen (secondary N) is 1. The van der Waals surface area contributed by atoms with Gasteiger partial charge in [-0.1, -0.05) is 18.2 Å². The van der Waals surface area contributed by atoms with Crippen molar-refractivity contribution in [3.05, 3.63) is 53.6 Å². The Kier molecular flexibility index (Phi) is 4.36. The Bertz CT molecular complexity index is 613. The number of fused-ring (bicyclic) bond motifs is 1. The van der Waals surface area contributed by atoms with Crippen molar-refractivity contribution < 1.29 is 9.47 Å². The summed E-state index contributed by atoms with van der Waals surface area (Å²) in [5, 5.41) is 3.54. The maximum Gasteiger partial charge on any atom is 0.231 e. The Labute approximate surface area is 129 Å². The predicted octanol–water partition coefficient (Wildman–Crippen LogP) is 3.99. The first-order valence-corrected chi connectivity index (χ1v) is 8.24. The van der Waals surface area contributed by atoms with Gasteiger partial charge in [-0.05, 0) is 48.6 Å². The number of ether oxygens (including phenoxy) is 2. The maximum atomic E-state index is 5.43. The molecule has 1 aliphatic rings. The highest BCUT2D eigenvalue weighted by atomic mass is 32.2. The van der Waals surface area contributed by atoms with E-state index in [-0.39, 0.29) is 6.04 Å². The molecule has 4 heteroatoms. The lowest BCUT2D eigenvalue weighted by molar-refractivity contribution is 0.174. The van der Waals surface area contributed by atoms with Gasteiger partial charge in [0.05, 0.1) is 0 Å². The molecular weight excluding hydrogens is 282 g/mol. The van der Waals surface area contributed by atoms with Crippen molar-refractivity contribution in [2.75, 3.05) is 13.0 Å². The molecule has 0 saturated carbocycles. The van der Waals surface area contributed by atoms with Crippen LogP contribution in [-0.4, -0.2) is 13.0 Å². The molecule has 2 aromatic carbocycles. The Balaban J connectivity index is 1.61. The average Bonchev–Trinajstić information content (AvgIpc) is 3.00. The first-order valence-electron chi connectivity index (χ1n) is 7.02. The summed E-state index contributed by atoms with van der Waals surface area (Å²) in [6, 6.07) is 15.0. The average molecular weight is 301 g/mol. The van der Waals surface area contributed by atoms with Crippen LogP contribution in [0.15, 0.2) is 47.4 Å². The van der Waals surface area contributed by atoms with Crippen molar-refractivity contribution in [1.29, 1.82) is 0 Å². The lowest BCUT2D eigenvalue weighted by atomic mass is 10.1. The third-order valence-electron chi connectivity index (χ3n) is 3.67. The van der Waals surface area contributed by atoms with Crippen LogP contribution in [-0.2, 0) is 6.54 Å². The Morgan fingerprint density at radius 3 is 2.62 bits per heavy atom. The van der Waals surface area contributed by atoms with Crippen LogP contribution in [0.1, 0.15) is 24.1 Å². The first-order chi connectivity index (χ1) is 10.3. The van der Waals surface area contributed by atoms with Gasteiger partial charge in [0, 0.05) is 17.5 Å². The standard InChI is InChI=1S/C17H19NO2S/c1-12(14-5-8-16-17(9-14)20-11-19-16)18-10-13-3-6-15(21-2)7-4-13/h3-9,12,18H,10-11H2,1-2H3. The van der Waals surface area contributed by atoms with Gasteiger partial charge in [-0.2, -0.15) is 0 Å². The second kappa shape index (κ2) is 6.41. The molecule has 0 aromatic heterocycles. The van der Waals surface area contributed by atoms with Crippen molar-refractivity contribution in [2.45, 2.75) is 24.4 Å². The molecule has 0 fully saturated rings. The van der Waals surface area contributed by atoms with E-state index in [1.807, 2.05) is 6.07 Å². The monoisotopic (exact) mass is 301 g/mol. The minimum absolute atomic E-state index is 0.264. The van der Waals surface area contributed by atoms with E-state index in [4.69, 9.17) is 9.47 Å². The number of hydrogen-bond donors (Lipinski definition) is 1. The van der Waals surface area contributed by atoms with E-state index in [0.29, 0.717) is 6.79 Å². The molecule has 3 rings (SSSR count). The SMILES string of the molecule is CSc1ccc(CNC(C)c2ccc3c(c2)OCO3)cc1. The van der Waals surface area contributed by atoms with E-state index in [0.717, 1.165) is 18.0 Å². The molecule has 3 nitrogen and oxygen atoms in total. The Morgan fingerprint density at radius 2 is 1.86 bits per heavy atom. The van der Waals surface area contributed by atoms with Crippen LogP contribution in [0.5, 0.6) is 11.5 Å². The van der Waals surface area contributed by atoms with Crippen LogP contribution in [0.3, 0.4) is 0 Å². The summed E-state index contributed by atoms with van der Waals surface area (Å²) in [6.45, 7) is 3.33. The minimum atomic E-state index is 0.264. The molecule has 0 aliphatic carbocycles. The molecule has 0 spiro atoms. The third kappa shape index (κ3) is 3.34. The fourth-order valence-corrected chi connectivity index (χ4v) is 2.72. The number of thioether (sulfide) groups is 1. The quantitative estimate of drug-likeness (QED) is 0.846. The lowest BCUT2D eigenvalue weighted by Gasteiger charge is -2.15. The van der Waals surface area contributed by atoms with Gasteiger partial charge in [0.25, 0.3) is 0 Å². The number of hydrogen-bond acceptors (Lipinski definition) is 4. The largest absolute Gasteiger partial charge is 0.454 e. The highest BCUT2D eigenvalue weighted by Crippen LogP contribution is 2.34. The highest BCUT2D eigenvalue weighted by Gasteiger charge is 2.15. The summed E-state index contributed by atoms with van der Waals surface area (Å²) in [7, 11) is 0. The smallest absolute Gasteiger partial charge is 0.231 e. The van der Waals surface area contributed by atoms with Gasteiger partial charge in [0.1, 0.15) is 0 Å².